The molecule has 88 valence electrons. The van der Waals surface area contributed by atoms with Crippen LogP contribution < -0.4 is 5.32 Å². The van der Waals surface area contributed by atoms with Crippen LogP contribution in [0.1, 0.15) is 28.8 Å². The summed E-state index contributed by atoms with van der Waals surface area (Å²) in [6.07, 6.45) is 2.08. The van der Waals surface area contributed by atoms with Crippen molar-refractivity contribution in [3.05, 3.63) is 33.8 Å². The molecule has 0 radical (unpaired) electrons. The molecule has 2 nitrogen and oxygen atoms in total. The van der Waals surface area contributed by atoms with E-state index in [0.29, 0.717) is 5.56 Å². The molecular weight excluding hydrogens is 334 g/mol. The molecule has 0 saturated heterocycles. The number of hydrogen-bond donors (Lipinski definition) is 1. The van der Waals surface area contributed by atoms with Gasteiger partial charge in [0.25, 0.3) is 5.91 Å². The summed E-state index contributed by atoms with van der Waals surface area (Å²) in [5.41, 5.74) is 1.84. The van der Waals surface area contributed by atoms with Gasteiger partial charge in [-0.3, -0.25) is 4.79 Å². The first-order valence-corrected chi connectivity index (χ1v) is 7.17. The Labute approximate surface area is 113 Å². The van der Waals surface area contributed by atoms with Gasteiger partial charge in [0.1, 0.15) is 0 Å². The van der Waals surface area contributed by atoms with E-state index in [1.807, 2.05) is 25.1 Å². The second-order valence-corrected chi connectivity index (χ2v) is 5.28. The molecule has 1 aromatic rings. The van der Waals surface area contributed by atoms with E-state index in [9.17, 15) is 4.79 Å². The Morgan fingerprint density at radius 1 is 1.38 bits per heavy atom. The summed E-state index contributed by atoms with van der Waals surface area (Å²) in [4.78, 5) is 11.8. The van der Waals surface area contributed by atoms with Crippen LogP contribution >= 0.6 is 31.9 Å². The summed E-state index contributed by atoms with van der Waals surface area (Å²) in [6.45, 7) is 2.73. The fourth-order valence-electron chi connectivity index (χ4n) is 1.32. The van der Waals surface area contributed by atoms with Crippen LogP contribution in [0.5, 0.6) is 0 Å². The van der Waals surface area contributed by atoms with Crippen LogP contribution in [0.15, 0.2) is 22.7 Å². The number of rotatable bonds is 5. The number of benzene rings is 1. The van der Waals surface area contributed by atoms with Crippen molar-refractivity contribution in [1.29, 1.82) is 0 Å². The molecule has 4 heteroatoms. The highest BCUT2D eigenvalue weighted by Crippen LogP contribution is 2.18. The molecule has 16 heavy (non-hydrogen) atoms. The zero-order chi connectivity index (χ0) is 12.0. The van der Waals surface area contributed by atoms with Gasteiger partial charge in [0.05, 0.1) is 5.56 Å². The van der Waals surface area contributed by atoms with Crippen LogP contribution in [0, 0.1) is 6.92 Å². The van der Waals surface area contributed by atoms with Gasteiger partial charge in [-0.1, -0.05) is 22.0 Å². The van der Waals surface area contributed by atoms with Gasteiger partial charge in [0.15, 0.2) is 0 Å². The van der Waals surface area contributed by atoms with Gasteiger partial charge >= 0.3 is 0 Å². The van der Waals surface area contributed by atoms with Crippen LogP contribution in [-0.2, 0) is 0 Å². The monoisotopic (exact) mass is 347 g/mol. The number of alkyl halides is 1. The normalized spacial score (nSPS) is 10.2. The molecule has 0 aliphatic carbocycles. The molecule has 1 amide bonds. The lowest BCUT2D eigenvalue weighted by molar-refractivity contribution is 0.0952. The minimum absolute atomic E-state index is 0.0125. The number of carbonyl (C=O) groups is 1. The van der Waals surface area contributed by atoms with Gasteiger partial charge < -0.3 is 5.32 Å². The zero-order valence-electron chi connectivity index (χ0n) is 9.22. The third-order valence-corrected chi connectivity index (χ3v) is 3.43. The topological polar surface area (TPSA) is 29.1 Å². The third kappa shape index (κ3) is 4.26. The van der Waals surface area contributed by atoms with E-state index in [2.05, 4.69) is 37.2 Å². The van der Waals surface area contributed by atoms with Gasteiger partial charge in [-0.25, -0.2) is 0 Å². The second kappa shape index (κ2) is 7.07. The lowest BCUT2D eigenvalue weighted by Gasteiger charge is -2.07. The molecule has 1 rings (SSSR count). The maximum Gasteiger partial charge on any atom is 0.252 e. The van der Waals surface area contributed by atoms with Crippen molar-refractivity contribution < 1.29 is 4.79 Å². The summed E-state index contributed by atoms with van der Waals surface area (Å²) in [5.74, 6) is -0.0125. The molecule has 0 saturated carbocycles. The highest BCUT2D eigenvalue weighted by Gasteiger charge is 2.08. The SMILES string of the molecule is Cc1ccc(C(=O)NCCCCBr)c(Br)c1. The molecular formula is C12H15Br2NO. The van der Waals surface area contributed by atoms with Crippen molar-refractivity contribution in [2.24, 2.45) is 0 Å². The first-order chi connectivity index (χ1) is 7.65. The van der Waals surface area contributed by atoms with Crippen LogP contribution in [0.3, 0.4) is 0 Å². The summed E-state index contributed by atoms with van der Waals surface area (Å²) in [6, 6.07) is 5.74. The predicted molar refractivity (Wildman–Crippen MR) is 74.2 cm³/mol. The van der Waals surface area contributed by atoms with Crippen molar-refractivity contribution in [2.75, 3.05) is 11.9 Å². The number of hydrogen-bond acceptors (Lipinski definition) is 1. The third-order valence-electron chi connectivity index (χ3n) is 2.22. The molecule has 0 unspecified atom stereocenters. The van der Waals surface area contributed by atoms with Crippen molar-refractivity contribution in [2.45, 2.75) is 19.8 Å². The smallest absolute Gasteiger partial charge is 0.252 e. The van der Waals surface area contributed by atoms with E-state index in [-0.39, 0.29) is 5.91 Å². The van der Waals surface area contributed by atoms with Gasteiger partial charge in [-0.2, -0.15) is 0 Å². The predicted octanol–water partition coefficient (Wildman–Crippen LogP) is 3.66. The molecule has 0 fully saturated rings. The van der Waals surface area contributed by atoms with E-state index < -0.39 is 0 Å². The molecule has 0 aliphatic rings. The number of nitrogens with one attached hydrogen (secondary N) is 1. The summed E-state index contributed by atoms with van der Waals surface area (Å²) < 4.78 is 0.852. The number of halogens is 2. The van der Waals surface area contributed by atoms with Crippen LogP contribution in [0.25, 0.3) is 0 Å². The highest BCUT2D eigenvalue weighted by atomic mass is 79.9. The van der Waals surface area contributed by atoms with Crippen molar-refractivity contribution in [3.8, 4) is 0 Å². The summed E-state index contributed by atoms with van der Waals surface area (Å²) in [7, 11) is 0. The Morgan fingerprint density at radius 3 is 2.75 bits per heavy atom. The Bertz CT molecular complexity index is 366. The maximum atomic E-state index is 11.8. The largest absolute Gasteiger partial charge is 0.352 e. The quantitative estimate of drug-likeness (QED) is 0.638. The lowest BCUT2D eigenvalue weighted by Crippen LogP contribution is -2.24. The van der Waals surface area contributed by atoms with E-state index >= 15 is 0 Å². The highest BCUT2D eigenvalue weighted by molar-refractivity contribution is 9.10. The zero-order valence-corrected chi connectivity index (χ0v) is 12.4. The summed E-state index contributed by atoms with van der Waals surface area (Å²) >= 11 is 6.76. The molecule has 1 N–H and O–H groups in total. The molecule has 0 aliphatic heterocycles. The standard InChI is InChI=1S/C12H15Br2NO/c1-9-4-5-10(11(14)8-9)12(16)15-7-3-2-6-13/h4-5,8H,2-3,6-7H2,1H3,(H,15,16). The van der Waals surface area contributed by atoms with E-state index in [4.69, 9.17) is 0 Å². The van der Waals surface area contributed by atoms with Crippen molar-refractivity contribution in [1.82, 2.24) is 5.32 Å². The molecule has 0 heterocycles. The number of carbonyl (C=O) groups excluding carboxylic acids is 1. The van der Waals surface area contributed by atoms with Gasteiger partial charge in [-0.05, 0) is 53.4 Å². The van der Waals surface area contributed by atoms with Gasteiger partial charge in [-0.15, -0.1) is 0 Å². The van der Waals surface area contributed by atoms with Crippen molar-refractivity contribution >= 4 is 37.8 Å². The Balaban J connectivity index is 2.53. The van der Waals surface area contributed by atoms with Crippen molar-refractivity contribution in [3.63, 3.8) is 0 Å². The Hall–Kier alpha value is -0.350. The Morgan fingerprint density at radius 2 is 2.12 bits per heavy atom. The minimum atomic E-state index is -0.0125. The second-order valence-electron chi connectivity index (χ2n) is 3.64. The average molecular weight is 349 g/mol. The number of unbranched alkanes of at least 4 members (excludes halogenated alkanes) is 1. The minimum Gasteiger partial charge on any atom is -0.352 e. The van der Waals surface area contributed by atoms with E-state index in [1.165, 1.54) is 0 Å². The van der Waals surface area contributed by atoms with Crippen LogP contribution in [-0.4, -0.2) is 17.8 Å². The van der Waals surface area contributed by atoms with Crippen LogP contribution in [0.4, 0.5) is 0 Å². The molecule has 0 aromatic heterocycles. The van der Waals surface area contributed by atoms with Gasteiger partial charge in [0, 0.05) is 16.3 Å². The average Bonchev–Trinajstić information content (AvgIpc) is 2.24. The number of aryl methyl sites for hydroxylation is 1. The summed E-state index contributed by atoms with van der Waals surface area (Å²) in [5, 5.41) is 3.89. The van der Waals surface area contributed by atoms with Gasteiger partial charge in [0.2, 0.25) is 0 Å². The maximum absolute atomic E-state index is 11.8. The fraction of sp³-hybridized carbons (Fsp3) is 0.417. The number of amides is 1. The lowest BCUT2D eigenvalue weighted by atomic mass is 10.1. The first-order valence-electron chi connectivity index (χ1n) is 5.25. The molecule has 0 bridgehead atoms. The molecule has 0 atom stereocenters. The van der Waals surface area contributed by atoms with Crippen LogP contribution in [0.2, 0.25) is 0 Å². The molecule has 1 aromatic carbocycles. The fourth-order valence-corrected chi connectivity index (χ4v) is 2.39. The first kappa shape index (κ1) is 13.7. The Kier molecular flexibility index (Phi) is 6.06. The van der Waals surface area contributed by atoms with E-state index in [0.717, 1.165) is 34.8 Å². The molecule has 0 spiro atoms. The van der Waals surface area contributed by atoms with E-state index in [1.54, 1.807) is 0 Å².